The zero-order valence-corrected chi connectivity index (χ0v) is 11.1. The van der Waals surface area contributed by atoms with Crippen LogP contribution in [0.1, 0.15) is 17.5 Å². The standard InChI is InChI=1S/C15H17N3O2/c16-15(18-19)13-3-5-14(6-4-13)20-11-1-2-12-7-9-17-10-8-12/h3-10,19H,1-2,11H2,(H2,16,18). The van der Waals surface area contributed by atoms with Crippen LogP contribution in [-0.4, -0.2) is 22.6 Å². The Balaban J connectivity index is 1.77. The summed E-state index contributed by atoms with van der Waals surface area (Å²) >= 11 is 0. The molecule has 3 N–H and O–H groups in total. The number of aryl methyl sites for hydroxylation is 1. The second-order valence-corrected chi connectivity index (χ2v) is 4.32. The van der Waals surface area contributed by atoms with Crippen LogP contribution >= 0.6 is 0 Å². The molecule has 104 valence electrons. The molecular weight excluding hydrogens is 254 g/mol. The van der Waals surface area contributed by atoms with E-state index in [0.717, 1.165) is 18.6 Å². The maximum Gasteiger partial charge on any atom is 0.170 e. The van der Waals surface area contributed by atoms with Crippen molar-refractivity contribution < 1.29 is 9.94 Å². The lowest BCUT2D eigenvalue weighted by Gasteiger charge is -2.07. The number of hydrogen-bond donors (Lipinski definition) is 2. The highest BCUT2D eigenvalue weighted by atomic mass is 16.5. The van der Waals surface area contributed by atoms with Crippen LogP contribution in [0.25, 0.3) is 0 Å². The van der Waals surface area contributed by atoms with Gasteiger partial charge in [0, 0.05) is 18.0 Å². The lowest BCUT2D eigenvalue weighted by molar-refractivity contribution is 0.311. The highest BCUT2D eigenvalue weighted by molar-refractivity contribution is 5.97. The second kappa shape index (κ2) is 7.13. The normalized spacial score (nSPS) is 11.3. The summed E-state index contributed by atoms with van der Waals surface area (Å²) in [6.45, 7) is 0.644. The molecule has 0 saturated heterocycles. The molecule has 2 rings (SSSR count). The molecule has 20 heavy (non-hydrogen) atoms. The maximum absolute atomic E-state index is 8.57. The summed E-state index contributed by atoms with van der Waals surface area (Å²) in [5.41, 5.74) is 7.40. The fourth-order valence-electron chi connectivity index (χ4n) is 1.80. The van der Waals surface area contributed by atoms with E-state index >= 15 is 0 Å². The highest BCUT2D eigenvalue weighted by Gasteiger charge is 2.00. The summed E-state index contributed by atoms with van der Waals surface area (Å²) in [6.07, 6.45) is 5.49. The number of rotatable bonds is 6. The molecule has 0 aliphatic heterocycles. The first-order chi connectivity index (χ1) is 9.79. The van der Waals surface area contributed by atoms with Gasteiger partial charge in [-0.1, -0.05) is 5.16 Å². The van der Waals surface area contributed by atoms with Gasteiger partial charge in [0.1, 0.15) is 5.75 Å². The van der Waals surface area contributed by atoms with Gasteiger partial charge in [-0.2, -0.15) is 0 Å². The van der Waals surface area contributed by atoms with Crippen molar-refractivity contribution in [3.05, 3.63) is 59.9 Å². The number of amidine groups is 1. The first kappa shape index (κ1) is 13.9. The van der Waals surface area contributed by atoms with E-state index in [9.17, 15) is 0 Å². The minimum Gasteiger partial charge on any atom is -0.494 e. The largest absolute Gasteiger partial charge is 0.494 e. The predicted molar refractivity (Wildman–Crippen MR) is 77.0 cm³/mol. The molecule has 1 aromatic heterocycles. The van der Waals surface area contributed by atoms with Crippen LogP contribution < -0.4 is 10.5 Å². The Labute approximate surface area is 117 Å². The Hall–Kier alpha value is -2.56. The Morgan fingerprint density at radius 2 is 1.85 bits per heavy atom. The summed E-state index contributed by atoms with van der Waals surface area (Å²) in [7, 11) is 0. The molecule has 2 aromatic rings. The molecule has 0 bridgehead atoms. The molecule has 0 amide bonds. The quantitative estimate of drug-likeness (QED) is 0.277. The van der Waals surface area contributed by atoms with Gasteiger partial charge in [-0.3, -0.25) is 4.98 Å². The second-order valence-electron chi connectivity index (χ2n) is 4.32. The average Bonchev–Trinajstić information content (AvgIpc) is 2.52. The SMILES string of the molecule is N/C(=N\O)c1ccc(OCCCc2ccncc2)cc1. The van der Waals surface area contributed by atoms with E-state index in [1.54, 1.807) is 36.7 Å². The summed E-state index contributed by atoms with van der Waals surface area (Å²) in [5, 5.41) is 11.5. The van der Waals surface area contributed by atoms with Gasteiger partial charge in [0.15, 0.2) is 5.84 Å². The zero-order chi connectivity index (χ0) is 14.2. The van der Waals surface area contributed by atoms with Crippen molar-refractivity contribution in [2.75, 3.05) is 6.61 Å². The van der Waals surface area contributed by atoms with Crippen LogP contribution in [0, 0.1) is 0 Å². The van der Waals surface area contributed by atoms with Crippen LogP contribution in [-0.2, 0) is 6.42 Å². The Bertz CT molecular complexity index is 553. The third-order valence-electron chi connectivity index (χ3n) is 2.89. The maximum atomic E-state index is 8.57. The molecule has 0 unspecified atom stereocenters. The molecule has 0 saturated carbocycles. The number of benzene rings is 1. The van der Waals surface area contributed by atoms with E-state index in [1.807, 2.05) is 12.1 Å². The fourth-order valence-corrected chi connectivity index (χ4v) is 1.80. The summed E-state index contributed by atoms with van der Waals surface area (Å²) in [5.74, 6) is 0.864. The number of nitrogens with zero attached hydrogens (tertiary/aromatic N) is 2. The number of oxime groups is 1. The molecule has 1 aromatic carbocycles. The number of pyridine rings is 1. The molecule has 0 aliphatic carbocycles. The molecule has 0 fully saturated rings. The number of aromatic nitrogens is 1. The first-order valence-corrected chi connectivity index (χ1v) is 6.39. The molecule has 5 nitrogen and oxygen atoms in total. The third kappa shape index (κ3) is 3.98. The highest BCUT2D eigenvalue weighted by Crippen LogP contribution is 2.12. The van der Waals surface area contributed by atoms with Gasteiger partial charge in [-0.15, -0.1) is 0 Å². The Morgan fingerprint density at radius 3 is 2.50 bits per heavy atom. The summed E-state index contributed by atoms with van der Waals surface area (Å²) < 4.78 is 5.64. The lowest BCUT2D eigenvalue weighted by atomic mass is 10.1. The molecule has 0 atom stereocenters. The van der Waals surface area contributed by atoms with Crippen molar-refractivity contribution >= 4 is 5.84 Å². The average molecular weight is 271 g/mol. The van der Waals surface area contributed by atoms with Crippen molar-refractivity contribution in [1.82, 2.24) is 4.98 Å². The Morgan fingerprint density at radius 1 is 1.15 bits per heavy atom. The molecule has 0 aliphatic rings. The molecule has 1 heterocycles. The van der Waals surface area contributed by atoms with E-state index in [1.165, 1.54) is 5.56 Å². The topological polar surface area (TPSA) is 80.7 Å². The smallest absolute Gasteiger partial charge is 0.170 e. The summed E-state index contributed by atoms with van der Waals surface area (Å²) in [6, 6.07) is 11.1. The molecule has 0 spiro atoms. The predicted octanol–water partition coefficient (Wildman–Crippen LogP) is 2.19. The van der Waals surface area contributed by atoms with E-state index in [2.05, 4.69) is 10.1 Å². The van der Waals surface area contributed by atoms with Gasteiger partial charge in [-0.05, 0) is 54.8 Å². The summed E-state index contributed by atoms with van der Waals surface area (Å²) in [4.78, 5) is 3.98. The van der Waals surface area contributed by atoms with Gasteiger partial charge >= 0.3 is 0 Å². The van der Waals surface area contributed by atoms with Gasteiger partial charge in [0.25, 0.3) is 0 Å². The number of nitrogens with two attached hydrogens (primary N) is 1. The van der Waals surface area contributed by atoms with Crippen LogP contribution in [0.5, 0.6) is 5.75 Å². The van der Waals surface area contributed by atoms with Crippen LogP contribution in [0.4, 0.5) is 0 Å². The van der Waals surface area contributed by atoms with Crippen LogP contribution in [0.15, 0.2) is 53.9 Å². The van der Waals surface area contributed by atoms with Gasteiger partial charge < -0.3 is 15.7 Å². The molecule has 5 heteroatoms. The van der Waals surface area contributed by atoms with E-state index in [0.29, 0.717) is 12.2 Å². The van der Waals surface area contributed by atoms with Crippen LogP contribution in [0.3, 0.4) is 0 Å². The van der Waals surface area contributed by atoms with Crippen molar-refractivity contribution in [3.63, 3.8) is 0 Å². The number of hydrogen-bond acceptors (Lipinski definition) is 4. The van der Waals surface area contributed by atoms with E-state index in [-0.39, 0.29) is 5.84 Å². The lowest BCUT2D eigenvalue weighted by Crippen LogP contribution is -2.12. The molecular formula is C15H17N3O2. The van der Waals surface area contributed by atoms with Gasteiger partial charge in [0.2, 0.25) is 0 Å². The Kier molecular flexibility index (Phi) is 4.94. The van der Waals surface area contributed by atoms with Gasteiger partial charge in [-0.25, -0.2) is 0 Å². The van der Waals surface area contributed by atoms with Crippen molar-refractivity contribution in [2.45, 2.75) is 12.8 Å². The van der Waals surface area contributed by atoms with Crippen LogP contribution in [0.2, 0.25) is 0 Å². The number of ether oxygens (including phenoxy) is 1. The van der Waals surface area contributed by atoms with Crippen molar-refractivity contribution in [3.8, 4) is 5.75 Å². The van der Waals surface area contributed by atoms with E-state index < -0.39 is 0 Å². The minimum absolute atomic E-state index is 0.0919. The van der Waals surface area contributed by atoms with E-state index in [4.69, 9.17) is 15.7 Å². The van der Waals surface area contributed by atoms with Crippen molar-refractivity contribution in [2.24, 2.45) is 10.9 Å². The monoisotopic (exact) mass is 271 g/mol. The van der Waals surface area contributed by atoms with Crippen molar-refractivity contribution in [1.29, 1.82) is 0 Å². The fraction of sp³-hybridized carbons (Fsp3) is 0.200. The minimum atomic E-state index is 0.0919. The molecule has 0 radical (unpaired) electrons. The third-order valence-corrected chi connectivity index (χ3v) is 2.89. The zero-order valence-electron chi connectivity index (χ0n) is 11.1. The first-order valence-electron chi connectivity index (χ1n) is 6.39. The van der Waals surface area contributed by atoms with Gasteiger partial charge in [0.05, 0.1) is 6.61 Å².